The van der Waals surface area contributed by atoms with Gasteiger partial charge in [-0.15, -0.1) is 0 Å². The van der Waals surface area contributed by atoms with Crippen LogP contribution in [0, 0.1) is 0 Å². The van der Waals surface area contributed by atoms with Crippen molar-refractivity contribution in [3.05, 3.63) is 0 Å². The van der Waals surface area contributed by atoms with Crippen molar-refractivity contribution in [2.24, 2.45) is 0 Å². The maximum atomic E-state index is 11.6. The second-order valence-corrected chi connectivity index (χ2v) is 7.19. The molecule has 0 aromatic carbocycles. The van der Waals surface area contributed by atoms with E-state index in [2.05, 4.69) is 0 Å². The molecule has 4 nitrogen and oxygen atoms in total. The van der Waals surface area contributed by atoms with Crippen LogP contribution in [0.2, 0.25) is 0 Å². The van der Waals surface area contributed by atoms with Crippen molar-refractivity contribution >= 4 is 15.8 Å². The van der Waals surface area contributed by atoms with E-state index in [-0.39, 0.29) is 0 Å². The van der Waals surface area contributed by atoms with Gasteiger partial charge in [-0.2, -0.15) is 0 Å². The van der Waals surface area contributed by atoms with E-state index in [0.29, 0.717) is 6.61 Å². The van der Waals surface area contributed by atoms with Gasteiger partial charge in [-0.05, 0) is 27.2 Å². The summed E-state index contributed by atoms with van der Waals surface area (Å²) in [6.07, 6.45) is 1.68. The van der Waals surface area contributed by atoms with Gasteiger partial charge in [-0.1, -0.05) is 13.3 Å². The third-order valence-corrected chi connectivity index (χ3v) is 4.48. The smallest absolute Gasteiger partial charge is 0.321 e. The van der Waals surface area contributed by atoms with E-state index in [1.165, 1.54) is 0 Å². The lowest BCUT2D eigenvalue weighted by Gasteiger charge is -2.18. The summed E-state index contributed by atoms with van der Waals surface area (Å²) in [7, 11) is -3.41. The molecule has 0 heterocycles. The normalized spacial score (nSPS) is 12.5. The summed E-state index contributed by atoms with van der Waals surface area (Å²) >= 11 is 0. The number of rotatable bonds is 5. The molecule has 0 unspecified atom stereocenters. The van der Waals surface area contributed by atoms with Crippen LogP contribution >= 0.6 is 0 Å². The lowest BCUT2D eigenvalue weighted by atomic mass is 10.3. The molecule has 0 aromatic heterocycles. The van der Waals surface area contributed by atoms with Crippen molar-refractivity contribution in [1.29, 1.82) is 0 Å². The molecule has 15 heavy (non-hydrogen) atoms. The average molecular weight is 236 g/mol. The van der Waals surface area contributed by atoms with Gasteiger partial charge >= 0.3 is 5.97 Å². The van der Waals surface area contributed by atoms with Crippen molar-refractivity contribution < 1.29 is 17.9 Å². The second kappa shape index (κ2) is 5.49. The van der Waals surface area contributed by atoms with Gasteiger partial charge in [0.25, 0.3) is 0 Å². The van der Waals surface area contributed by atoms with Gasteiger partial charge in [0.15, 0.2) is 9.84 Å². The molecule has 0 aliphatic heterocycles. The second-order valence-electron chi connectivity index (χ2n) is 4.45. The molecule has 0 rings (SSSR count). The quantitative estimate of drug-likeness (QED) is 0.536. The van der Waals surface area contributed by atoms with Gasteiger partial charge in [-0.3, -0.25) is 4.79 Å². The summed E-state index contributed by atoms with van der Waals surface area (Å²) in [6.45, 7) is 6.99. The van der Waals surface area contributed by atoms with Gasteiger partial charge in [-0.25, -0.2) is 8.42 Å². The van der Waals surface area contributed by atoms with Crippen LogP contribution in [0.5, 0.6) is 0 Å². The first-order chi connectivity index (χ1) is 6.70. The Morgan fingerprint density at radius 1 is 1.27 bits per heavy atom. The third kappa shape index (κ3) is 5.16. The van der Waals surface area contributed by atoms with Gasteiger partial charge in [0.2, 0.25) is 0 Å². The van der Waals surface area contributed by atoms with Crippen LogP contribution in [0.3, 0.4) is 0 Å². The van der Waals surface area contributed by atoms with Crippen LogP contribution in [0.15, 0.2) is 0 Å². The van der Waals surface area contributed by atoms with E-state index in [9.17, 15) is 13.2 Å². The molecule has 0 amide bonds. The van der Waals surface area contributed by atoms with E-state index in [4.69, 9.17) is 4.74 Å². The highest BCUT2D eigenvalue weighted by molar-refractivity contribution is 7.93. The molecule has 0 saturated carbocycles. The Morgan fingerprint density at radius 2 is 1.80 bits per heavy atom. The Labute approximate surface area is 91.9 Å². The fraction of sp³-hybridized carbons (Fsp3) is 0.900. The first-order valence-electron chi connectivity index (χ1n) is 5.08. The number of hydrogen-bond acceptors (Lipinski definition) is 4. The Kier molecular flexibility index (Phi) is 5.28. The highest BCUT2D eigenvalue weighted by Gasteiger charge is 2.31. The molecular formula is C10H20O4S. The first-order valence-corrected chi connectivity index (χ1v) is 6.74. The van der Waals surface area contributed by atoms with E-state index < -0.39 is 26.3 Å². The van der Waals surface area contributed by atoms with Crippen LogP contribution in [-0.2, 0) is 19.4 Å². The lowest BCUT2D eigenvalue weighted by molar-refractivity contribution is -0.140. The van der Waals surface area contributed by atoms with Gasteiger partial charge in [0.05, 0.1) is 11.4 Å². The van der Waals surface area contributed by atoms with Gasteiger partial charge < -0.3 is 4.74 Å². The molecule has 0 aliphatic rings. The average Bonchev–Trinajstić information content (AvgIpc) is 2.01. The fourth-order valence-corrected chi connectivity index (χ4v) is 1.57. The number of unbranched alkanes of at least 4 members (excludes halogenated alkanes) is 1. The SMILES string of the molecule is CCCCOC(=O)CS(=O)(=O)C(C)(C)C. The van der Waals surface area contributed by atoms with E-state index >= 15 is 0 Å². The molecule has 0 saturated heterocycles. The van der Waals surface area contributed by atoms with Crippen LogP contribution in [-0.4, -0.2) is 31.5 Å². The van der Waals surface area contributed by atoms with Crippen LogP contribution in [0.25, 0.3) is 0 Å². The standard InChI is InChI=1S/C10H20O4S/c1-5-6-7-14-9(11)8-15(12,13)10(2,3)4/h5-8H2,1-4H3. The van der Waals surface area contributed by atoms with Crippen molar-refractivity contribution in [1.82, 2.24) is 0 Å². The van der Waals surface area contributed by atoms with E-state index in [1.54, 1.807) is 20.8 Å². The molecule has 0 bridgehead atoms. The maximum absolute atomic E-state index is 11.6. The molecule has 5 heteroatoms. The molecule has 0 radical (unpaired) electrons. The Morgan fingerprint density at radius 3 is 2.20 bits per heavy atom. The van der Waals surface area contributed by atoms with Crippen molar-refractivity contribution in [2.75, 3.05) is 12.4 Å². The first kappa shape index (κ1) is 14.4. The number of hydrogen-bond donors (Lipinski definition) is 0. The Hall–Kier alpha value is -0.580. The van der Waals surface area contributed by atoms with Crippen molar-refractivity contribution in [3.8, 4) is 0 Å². The molecule has 0 N–H and O–H groups in total. The van der Waals surface area contributed by atoms with Crippen molar-refractivity contribution in [2.45, 2.75) is 45.3 Å². The molecule has 0 aliphatic carbocycles. The molecule has 0 atom stereocenters. The van der Waals surface area contributed by atoms with Crippen molar-refractivity contribution in [3.63, 3.8) is 0 Å². The molecular weight excluding hydrogens is 216 g/mol. The summed E-state index contributed by atoms with van der Waals surface area (Å²) in [5, 5.41) is 0. The van der Waals surface area contributed by atoms with Gasteiger partial charge in [0, 0.05) is 0 Å². The summed E-state index contributed by atoms with van der Waals surface area (Å²) in [4.78, 5) is 11.2. The zero-order chi connectivity index (χ0) is 12.1. The lowest BCUT2D eigenvalue weighted by Crippen LogP contribution is -2.34. The van der Waals surface area contributed by atoms with Crippen LogP contribution in [0.4, 0.5) is 0 Å². The molecule has 90 valence electrons. The number of carbonyl (C=O) groups is 1. The van der Waals surface area contributed by atoms with Gasteiger partial charge in [0.1, 0.15) is 5.75 Å². The highest BCUT2D eigenvalue weighted by atomic mass is 32.2. The molecule has 0 spiro atoms. The van der Waals surface area contributed by atoms with E-state index in [1.807, 2.05) is 6.92 Å². The monoisotopic (exact) mass is 236 g/mol. The summed E-state index contributed by atoms with van der Waals surface area (Å²) in [5.41, 5.74) is 0. The predicted octanol–water partition coefficient (Wildman–Crippen LogP) is 1.54. The van der Waals surface area contributed by atoms with Crippen LogP contribution < -0.4 is 0 Å². The summed E-state index contributed by atoms with van der Waals surface area (Å²) < 4.78 is 27.1. The molecule has 0 aromatic rings. The fourth-order valence-electron chi connectivity index (χ4n) is 0.744. The largest absolute Gasteiger partial charge is 0.465 e. The topological polar surface area (TPSA) is 60.4 Å². The Balaban J connectivity index is 4.19. The maximum Gasteiger partial charge on any atom is 0.321 e. The predicted molar refractivity (Wildman–Crippen MR) is 59.4 cm³/mol. The minimum Gasteiger partial charge on any atom is -0.465 e. The molecule has 0 fully saturated rings. The number of esters is 1. The summed E-state index contributed by atoms with van der Waals surface area (Å²) in [5.74, 6) is -1.18. The summed E-state index contributed by atoms with van der Waals surface area (Å²) in [6, 6.07) is 0. The zero-order valence-electron chi connectivity index (χ0n) is 9.87. The highest BCUT2D eigenvalue weighted by Crippen LogP contribution is 2.15. The minimum atomic E-state index is -3.41. The minimum absolute atomic E-state index is 0.301. The zero-order valence-corrected chi connectivity index (χ0v) is 10.7. The van der Waals surface area contributed by atoms with E-state index in [0.717, 1.165) is 12.8 Å². The number of carbonyl (C=O) groups excluding carboxylic acids is 1. The van der Waals surface area contributed by atoms with Crippen LogP contribution in [0.1, 0.15) is 40.5 Å². The number of ether oxygens (including phenoxy) is 1. The number of sulfone groups is 1. The third-order valence-electron chi connectivity index (χ3n) is 2.00. The Bertz CT molecular complexity index is 298.